The fourth-order valence-corrected chi connectivity index (χ4v) is 4.08. The predicted molar refractivity (Wildman–Crippen MR) is 95.5 cm³/mol. The summed E-state index contributed by atoms with van der Waals surface area (Å²) in [5.41, 5.74) is 7.07. The van der Waals surface area contributed by atoms with Gasteiger partial charge in [-0.3, -0.25) is 29.4 Å². The van der Waals surface area contributed by atoms with Crippen LogP contribution in [0, 0.1) is 5.92 Å². The van der Waals surface area contributed by atoms with Crippen LogP contribution >= 0.6 is 0 Å². The van der Waals surface area contributed by atoms with Crippen LogP contribution in [0.15, 0.2) is 18.2 Å². The highest BCUT2D eigenvalue weighted by Gasteiger charge is 2.45. The molecule has 2 fully saturated rings. The van der Waals surface area contributed by atoms with Crippen LogP contribution in [0.5, 0.6) is 0 Å². The van der Waals surface area contributed by atoms with E-state index < -0.39 is 23.8 Å². The van der Waals surface area contributed by atoms with Crippen molar-refractivity contribution in [3.63, 3.8) is 0 Å². The van der Waals surface area contributed by atoms with E-state index in [1.807, 2.05) is 6.07 Å². The van der Waals surface area contributed by atoms with Crippen molar-refractivity contribution in [2.75, 3.05) is 6.54 Å². The van der Waals surface area contributed by atoms with Gasteiger partial charge in [-0.2, -0.15) is 0 Å². The minimum Gasteiger partial charge on any atom is -0.330 e. The number of nitrogens with two attached hydrogens (primary N) is 1. The number of nitrogens with zero attached hydrogens (tertiary/aromatic N) is 1. The molecule has 3 aliphatic rings. The Morgan fingerprint density at radius 1 is 1.15 bits per heavy atom. The Kier molecular flexibility index (Phi) is 4.53. The summed E-state index contributed by atoms with van der Waals surface area (Å²) in [5.74, 6) is -1.36. The monoisotopic (exact) mass is 370 g/mol. The first kappa shape index (κ1) is 17.8. The number of fused-ring (bicyclic) bond motifs is 1. The van der Waals surface area contributed by atoms with Gasteiger partial charge in [0.1, 0.15) is 6.04 Å². The zero-order chi connectivity index (χ0) is 19.1. The topological polar surface area (TPSA) is 122 Å². The first-order valence-corrected chi connectivity index (χ1v) is 9.26. The van der Waals surface area contributed by atoms with E-state index in [0.29, 0.717) is 36.2 Å². The summed E-state index contributed by atoms with van der Waals surface area (Å²) in [6.45, 7) is 1.17. The van der Waals surface area contributed by atoms with Crippen LogP contribution in [-0.2, 0) is 16.1 Å². The Morgan fingerprint density at radius 2 is 1.93 bits per heavy atom. The highest BCUT2D eigenvalue weighted by molar-refractivity contribution is 6.24. The summed E-state index contributed by atoms with van der Waals surface area (Å²) >= 11 is 0. The van der Waals surface area contributed by atoms with Crippen molar-refractivity contribution in [3.8, 4) is 0 Å². The molecule has 4 N–H and O–H groups in total. The van der Waals surface area contributed by atoms with Gasteiger partial charge in [-0.1, -0.05) is 12.1 Å². The smallest absolute Gasteiger partial charge is 0.262 e. The van der Waals surface area contributed by atoms with Crippen molar-refractivity contribution in [3.05, 3.63) is 34.9 Å². The van der Waals surface area contributed by atoms with Gasteiger partial charge in [0, 0.05) is 19.0 Å². The maximum absolute atomic E-state index is 13.0. The van der Waals surface area contributed by atoms with Crippen molar-refractivity contribution in [2.24, 2.45) is 11.7 Å². The molecule has 8 nitrogen and oxygen atoms in total. The molecular formula is C19H22N4O4. The molecule has 8 heteroatoms. The molecule has 0 spiro atoms. The maximum Gasteiger partial charge on any atom is 0.262 e. The number of amides is 4. The Morgan fingerprint density at radius 3 is 2.63 bits per heavy atom. The van der Waals surface area contributed by atoms with E-state index in [-0.39, 0.29) is 18.7 Å². The normalized spacial score (nSPS) is 27.4. The second-order valence-electron chi connectivity index (χ2n) is 7.44. The highest BCUT2D eigenvalue weighted by atomic mass is 16.2. The quantitative estimate of drug-likeness (QED) is 0.623. The van der Waals surface area contributed by atoms with Gasteiger partial charge < -0.3 is 11.1 Å². The van der Waals surface area contributed by atoms with Crippen LogP contribution < -0.4 is 16.4 Å². The van der Waals surface area contributed by atoms with Crippen molar-refractivity contribution >= 4 is 23.6 Å². The van der Waals surface area contributed by atoms with E-state index in [9.17, 15) is 19.2 Å². The maximum atomic E-state index is 13.0. The molecule has 1 aliphatic carbocycles. The zero-order valence-electron chi connectivity index (χ0n) is 14.9. The lowest BCUT2D eigenvalue weighted by Crippen LogP contribution is -2.54. The van der Waals surface area contributed by atoms with Crippen LogP contribution in [0.3, 0.4) is 0 Å². The molecule has 27 heavy (non-hydrogen) atoms. The number of hydrogen-bond acceptors (Lipinski definition) is 6. The molecule has 0 bridgehead atoms. The van der Waals surface area contributed by atoms with Gasteiger partial charge in [0.05, 0.1) is 11.1 Å². The average molecular weight is 370 g/mol. The van der Waals surface area contributed by atoms with Crippen LogP contribution in [0.2, 0.25) is 0 Å². The van der Waals surface area contributed by atoms with E-state index in [4.69, 9.17) is 5.73 Å². The third-order valence-electron chi connectivity index (χ3n) is 5.70. The lowest BCUT2D eigenvalue weighted by molar-refractivity contribution is -0.136. The highest BCUT2D eigenvalue weighted by Crippen LogP contribution is 2.31. The van der Waals surface area contributed by atoms with Gasteiger partial charge in [-0.25, -0.2) is 0 Å². The van der Waals surface area contributed by atoms with Gasteiger partial charge in [0.15, 0.2) is 0 Å². The summed E-state index contributed by atoms with van der Waals surface area (Å²) in [7, 11) is 0. The second-order valence-corrected chi connectivity index (χ2v) is 7.44. The third kappa shape index (κ3) is 3.04. The van der Waals surface area contributed by atoms with Crippen molar-refractivity contribution in [1.29, 1.82) is 0 Å². The number of carbonyl (C=O) groups excluding carboxylic acids is 4. The van der Waals surface area contributed by atoms with E-state index in [0.717, 1.165) is 23.3 Å². The van der Waals surface area contributed by atoms with Gasteiger partial charge >= 0.3 is 0 Å². The number of hydrogen-bond donors (Lipinski definition) is 3. The number of carbonyl (C=O) groups is 4. The van der Waals surface area contributed by atoms with Crippen LogP contribution in [0.25, 0.3) is 0 Å². The Balaban J connectivity index is 1.53. The minimum atomic E-state index is -0.937. The fraction of sp³-hybridized carbons (Fsp3) is 0.474. The molecule has 0 radical (unpaired) electrons. The Bertz CT molecular complexity index is 831. The summed E-state index contributed by atoms with van der Waals surface area (Å²) in [5, 5.41) is 5.62. The number of piperidine rings is 1. The second kappa shape index (κ2) is 6.86. The summed E-state index contributed by atoms with van der Waals surface area (Å²) in [4.78, 5) is 50.3. The van der Waals surface area contributed by atoms with E-state index >= 15 is 0 Å². The van der Waals surface area contributed by atoms with Gasteiger partial charge in [0.2, 0.25) is 11.8 Å². The van der Waals surface area contributed by atoms with E-state index in [1.54, 1.807) is 12.1 Å². The van der Waals surface area contributed by atoms with Crippen molar-refractivity contribution < 1.29 is 19.2 Å². The summed E-state index contributed by atoms with van der Waals surface area (Å²) < 4.78 is 0. The van der Waals surface area contributed by atoms with E-state index in [1.165, 1.54) is 0 Å². The summed E-state index contributed by atoms with van der Waals surface area (Å²) in [6.07, 6.45) is 2.30. The molecule has 1 unspecified atom stereocenters. The van der Waals surface area contributed by atoms with Crippen LogP contribution in [0.1, 0.15) is 52.0 Å². The van der Waals surface area contributed by atoms with E-state index in [2.05, 4.69) is 10.6 Å². The first-order chi connectivity index (χ1) is 13.0. The molecule has 1 aromatic carbocycles. The number of nitrogens with one attached hydrogen (secondary N) is 2. The molecule has 2 aliphatic heterocycles. The molecule has 1 aromatic rings. The van der Waals surface area contributed by atoms with Gasteiger partial charge in [-0.05, 0) is 43.4 Å². The molecule has 1 saturated heterocycles. The molecule has 0 aromatic heterocycles. The lowest BCUT2D eigenvalue weighted by Gasteiger charge is -2.35. The fourth-order valence-electron chi connectivity index (χ4n) is 4.08. The standard InChI is InChI=1S/C19H22N4O4/c20-8-10-6-12(7-10)21-9-11-2-1-3-13-16(11)19(27)23(18(13)26)14-4-5-15(24)22-17(14)25/h1-3,10,12,14,21H,4-9,20H2,(H,22,24,25). The molecule has 1 saturated carbocycles. The molecular weight excluding hydrogens is 348 g/mol. The molecule has 1 atom stereocenters. The first-order valence-electron chi connectivity index (χ1n) is 9.26. The summed E-state index contributed by atoms with van der Waals surface area (Å²) in [6, 6.07) is 4.61. The zero-order valence-corrected chi connectivity index (χ0v) is 14.9. The lowest BCUT2D eigenvalue weighted by atomic mass is 9.80. The number of rotatable bonds is 5. The van der Waals surface area contributed by atoms with Gasteiger partial charge in [0.25, 0.3) is 11.8 Å². The van der Waals surface area contributed by atoms with Crippen LogP contribution in [-0.4, -0.2) is 47.2 Å². The van der Waals surface area contributed by atoms with Crippen LogP contribution in [0.4, 0.5) is 0 Å². The predicted octanol–water partition coefficient (Wildman–Crippen LogP) is -0.0853. The SMILES string of the molecule is NCC1CC(NCc2cccc3c2C(=O)N(C2CCC(=O)NC2=O)C3=O)C1. The molecule has 4 amide bonds. The largest absolute Gasteiger partial charge is 0.330 e. The third-order valence-corrected chi connectivity index (χ3v) is 5.70. The number of imide groups is 2. The van der Waals surface area contributed by atoms with Crippen molar-refractivity contribution in [1.82, 2.24) is 15.5 Å². The Hall–Kier alpha value is -2.58. The molecule has 4 rings (SSSR count). The number of benzene rings is 1. The van der Waals surface area contributed by atoms with Gasteiger partial charge in [-0.15, -0.1) is 0 Å². The average Bonchev–Trinajstić information content (AvgIpc) is 2.86. The van der Waals surface area contributed by atoms with Crippen molar-refractivity contribution in [2.45, 2.75) is 44.3 Å². The molecule has 2 heterocycles. The Labute approximate surface area is 156 Å². The molecule has 142 valence electrons. The minimum absolute atomic E-state index is 0.113.